The van der Waals surface area contributed by atoms with Crippen LogP contribution in [0.5, 0.6) is 0 Å². The second-order valence-electron chi connectivity index (χ2n) is 4.12. The van der Waals surface area contributed by atoms with Crippen LogP contribution in [-0.4, -0.2) is 41.6 Å². The van der Waals surface area contributed by atoms with Gasteiger partial charge < -0.3 is 15.4 Å². The highest BCUT2D eigenvalue weighted by Crippen LogP contribution is 2.06. The summed E-state index contributed by atoms with van der Waals surface area (Å²) in [5.41, 5.74) is 5.00. The molecule has 1 amide bonds. The molecule has 0 aliphatic carbocycles. The maximum absolute atomic E-state index is 11.4. The van der Waals surface area contributed by atoms with E-state index in [0.717, 1.165) is 0 Å². The van der Waals surface area contributed by atoms with Crippen molar-refractivity contribution in [2.24, 2.45) is 5.73 Å². The Labute approximate surface area is 90.4 Å². The van der Waals surface area contributed by atoms with Crippen molar-refractivity contribution in [3.05, 3.63) is 0 Å². The summed E-state index contributed by atoms with van der Waals surface area (Å²) >= 11 is 4.69. The number of likely N-dealkylation sites (N-methyl/N-ethyl adjacent to an activating group) is 1. The number of nitrogens with two attached hydrogens (primary N) is 1. The number of amides is 1. The van der Waals surface area contributed by atoms with E-state index in [0.29, 0.717) is 11.5 Å². The van der Waals surface area contributed by atoms with Gasteiger partial charge in [-0.3, -0.25) is 4.79 Å². The minimum atomic E-state index is -0.306. The Morgan fingerprint density at radius 3 is 2.36 bits per heavy atom. The summed E-state index contributed by atoms with van der Waals surface area (Å²) in [6, 6.07) is 0. The van der Waals surface area contributed by atoms with Gasteiger partial charge in [-0.05, 0) is 20.8 Å². The fourth-order valence-electron chi connectivity index (χ4n) is 0.710. The molecule has 0 fully saturated rings. The number of hydrogen-bond acceptors (Lipinski definition) is 3. The third-order valence-corrected chi connectivity index (χ3v) is 1.58. The van der Waals surface area contributed by atoms with Gasteiger partial charge in [0.15, 0.2) is 0 Å². The fourth-order valence-corrected chi connectivity index (χ4v) is 0.904. The maximum Gasteiger partial charge on any atom is 0.248 e. The Kier molecular flexibility index (Phi) is 5.01. The van der Waals surface area contributed by atoms with Crippen LogP contribution in [0.25, 0.3) is 0 Å². The average molecular weight is 218 g/mol. The van der Waals surface area contributed by atoms with Crippen molar-refractivity contribution in [1.82, 2.24) is 4.90 Å². The van der Waals surface area contributed by atoms with E-state index >= 15 is 0 Å². The minimum absolute atomic E-state index is 0.0581. The van der Waals surface area contributed by atoms with Gasteiger partial charge in [-0.1, -0.05) is 12.2 Å². The van der Waals surface area contributed by atoms with Gasteiger partial charge in [-0.25, -0.2) is 0 Å². The first kappa shape index (κ1) is 13.3. The molecule has 0 saturated carbocycles. The van der Waals surface area contributed by atoms with Gasteiger partial charge in [-0.2, -0.15) is 0 Å². The van der Waals surface area contributed by atoms with Gasteiger partial charge in [-0.15, -0.1) is 0 Å². The molecule has 14 heavy (non-hydrogen) atoms. The molecule has 0 aromatic rings. The summed E-state index contributed by atoms with van der Waals surface area (Å²) < 4.78 is 5.32. The van der Waals surface area contributed by atoms with Crippen molar-refractivity contribution in [2.45, 2.75) is 26.4 Å². The molecule has 0 rings (SSSR count). The van der Waals surface area contributed by atoms with Gasteiger partial charge >= 0.3 is 0 Å². The van der Waals surface area contributed by atoms with Crippen molar-refractivity contribution in [3.63, 3.8) is 0 Å². The third kappa shape index (κ3) is 6.80. The van der Waals surface area contributed by atoms with Crippen LogP contribution in [0.15, 0.2) is 0 Å². The molecule has 0 aromatic heterocycles. The minimum Gasteiger partial charge on any atom is -0.392 e. The monoisotopic (exact) mass is 218 g/mol. The van der Waals surface area contributed by atoms with Crippen molar-refractivity contribution < 1.29 is 9.53 Å². The molecule has 4 nitrogen and oxygen atoms in total. The van der Waals surface area contributed by atoms with E-state index in [9.17, 15) is 4.79 Å². The van der Waals surface area contributed by atoms with E-state index in [1.165, 1.54) is 4.90 Å². The van der Waals surface area contributed by atoms with Gasteiger partial charge in [0.25, 0.3) is 0 Å². The van der Waals surface area contributed by atoms with E-state index in [1.54, 1.807) is 7.05 Å². The largest absolute Gasteiger partial charge is 0.392 e. The molecule has 0 aliphatic rings. The summed E-state index contributed by atoms with van der Waals surface area (Å²) in [5, 5.41) is 0. The SMILES string of the molecule is CN(CC(N)=S)C(=O)COC(C)(C)C. The third-order valence-electron chi connectivity index (χ3n) is 1.45. The van der Waals surface area contributed by atoms with Crippen LogP contribution in [0.3, 0.4) is 0 Å². The number of carbonyl (C=O) groups is 1. The number of thiocarbonyl (C=S) groups is 1. The number of ether oxygens (including phenoxy) is 1. The number of carbonyl (C=O) groups excluding carboxylic acids is 1. The van der Waals surface area contributed by atoms with E-state index in [2.05, 4.69) is 0 Å². The summed E-state index contributed by atoms with van der Waals surface area (Å²) in [7, 11) is 1.65. The Hall–Kier alpha value is -0.680. The number of hydrogen-bond donors (Lipinski definition) is 1. The predicted molar refractivity (Wildman–Crippen MR) is 60.1 cm³/mol. The summed E-state index contributed by atoms with van der Waals surface area (Å²) in [4.78, 5) is 13.2. The lowest BCUT2D eigenvalue weighted by atomic mass is 10.2. The molecule has 0 aliphatic heterocycles. The lowest BCUT2D eigenvalue weighted by molar-refractivity contribution is -0.138. The standard InChI is InChI=1S/C9H18N2O2S/c1-9(2,3)13-6-8(12)11(4)5-7(10)14/h5-6H2,1-4H3,(H2,10,14). The zero-order valence-electron chi connectivity index (χ0n) is 9.16. The van der Waals surface area contributed by atoms with Crippen LogP contribution in [0.1, 0.15) is 20.8 Å². The van der Waals surface area contributed by atoms with Crippen LogP contribution < -0.4 is 5.73 Å². The molecule has 0 aromatic carbocycles. The van der Waals surface area contributed by atoms with E-state index in [-0.39, 0.29) is 18.1 Å². The lowest BCUT2D eigenvalue weighted by Gasteiger charge is -2.22. The smallest absolute Gasteiger partial charge is 0.248 e. The second-order valence-corrected chi connectivity index (χ2v) is 4.64. The molecule has 2 N–H and O–H groups in total. The zero-order chi connectivity index (χ0) is 11.4. The first-order valence-electron chi connectivity index (χ1n) is 4.38. The molecule has 0 bridgehead atoms. The van der Waals surface area contributed by atoms with Crippen LogP contribution in [0, 0.1) is 0 Å². The van der Waals surface area contributed by atoms with Gasteiger partial charge in [0.05, 0.1) is 17.1 Å². The fraction of sp³-hybridized carbons (Fsp3) is 0.778. The molecule has 82 valence electrons. The Morgan fingerprint density at radius 2 is 2.00 bits per heavy atom. The van der Waals surface area contributed by atoms with Crippen LogP contribution >= 0.6 is 12.2 Å². The lowest BCUT2D eigenvalue weighted by Crippen LogP contribution is -2.38. The number of nitrogens with zero attached hydrogens (tertiary/aromatic N) is 1. The van der Waals surface area contributed by atoms with Crippen molar-refractivity contribution in [2.75, 3.05) is 20.2 Å². The van der Waals surface area contributed by atoms with E-state index in [1.807, 2.05) is 20.8 Å². The normalized spacial score (nSPS) is 11.1. The highest BCUT2D eigenvalue weighted by atomic mass is 32.1. The van der Waals surface area contributed by atoms with Gasteiger partial charge in [0.2, 0.25) is 5.91 Å². The average Bonchev–Trinajstić information content (AvgIpc) is 1.97. The van der Waals surface area contributed by atoms with Crippen LogP contribution in [0.4, 0.5) is 0 Å². The highest BCUT2D eigenvalue weighted by molar-refractivity contribution is 7.80. The highest BCUT2D eigenvalue weighted by Gasteiger charge is 2.15. The van der Waals surface area contributed by atoms with Crippen molar-refractivity contribution in [3.8, 4) is 0 Å². The molecule has 0 radical (unpaired) electrons. The summed E-state index contributed by atoms with van der Waals surface area (Å²) in [6.45, 7) is 6.04. The summed E-state index contributed by atoms with van der Waals surface area (Å²) in [5.74, 6) is -0.118. The molecule has 5 heteroatoms. The molecular weight excluding hydrogens is 200 g/mol. The molecule has 0 atom stereocenters. The van der Waals surface area contributed by atoms with Crippen LogP contribution in [-0.2, 0) is 9.53 Å². The maximum atomic E-state index is 11.4. The first-order chi connectivity index (χ1) is 6.22. The van der Waals surface area contributed by atoms with E-state index in [4.69, 9.17) is 22.7 Å². The second kappa shape index (κ2) is 5.26. The topological polar surface area (TPSA) is 55.6 Å². The Balaban J connectivity index is 3.91. The molecule has 0 unspecified atom stereocenters. The van der Waals surface area contributed by atoms with Crippen molar-refractivity contribution >= 4 is 23.1 Å². The van der Waals surface area contributed by atoms with Gasteiger partial charge in [0, 0.05) is 7.05 Å². The van der Waals surface area contributed by atoms with Crippen molar-refractivity contribution in [1.29, 1.82) is 0 Å². The zero-order valence-corrected chi connectivity index (χ0v) is 9.98. The quantitative estimate of drug-likeness (QED) is 0.700. The predicted octanol–water partition coefficient (Wildman–Crippen LogP) is 0.546. The number of rotatable bonds is 4. The first-order valence-corrected chi connectivity index (χ1v) is 4.79. The molecule has 0 saturated heterocycles. The molecule has 0 heterocycles. The molecular formula is C9H18N2O2S. The van der Waals surface area contributed by atoms with Gasteiger partial charge in [0.1, 0.15) is 6.61 Å². The Bertz CT molecular complexity index is 223. The Morgan fingerprint density at radius 1 is 1.50 bits per heavy atom. The summed E-state index contributed by atoms with van der Waals surface area (Å²) in [6.07, 6.45) is 0. The molecule has 0 spiro atoms. The van der Waals surface area contributed by atoms with Crippen LogP contribution in [0.2, 0.25) is 0 Å². The van der Waals surface area contributed by atoms with E-state index < -0.39 is 0 Å².